The van der Waals surface area contributed by atoms with E-state index in [1.165, 1.54) is 24.3 Å². The molecule has 0 aliphatic heterocycles. The number of nitrogens with two attached hydrogens (primary N) is 1. The fourth-order valence-electron chi connectivity index (χ4n) is 2.49. The van der Waals surface area contributed by atoms with Crippen LogP contribution in [0.1, 0.15) is 23.6 Å². The molecule has 0 aliphatic rings. The van der Waals surface area contributed by atoms with Gasteiger partial charge in [-0.1, -0.05) is 24.3 Å². The Bertz CT molecular complexity index is 913. The lowest BCUT2D eigenvalue weighted by molar-refractivity contribution is -0.118. The van der Waals surface area contributed by atoms with Gasteiger partial charge in [0.25, 0.3) is 0 Å². The van der Waals surface area contributed by atoms with E-state index in [-0.39, 0.29) is 12.8 Å². The van der Waals surface area contributed by atoms with Crippen molar-refractivity contribution in [3.63, 3.8) is 0 Å². The van der Waals surface area contributed by atoms with Crippen molar-refractivity contribution in [2.75, 3.05) is 11.6 Å². The summed E-state index contributed by atoms with van der Waals surface area (Å²) in [6.45, 7) is 0. The number of sulfonamides is 1. The van der Waals surface area contributed by atoms with Gasteiger partial charge in [-0.05, 0) is 35.4 Å². The fourth-order valence-corrected chi connectivity index (χ4v) is 3.22. The number of anilines is 1. The van der Waals surface area contributed by atoms with E-state index in [1.54, 1.807) is 24.3 Å². The van der Waals surface area contributed by atoms with Crippen molar-refractivity contribution in [1.29, 1.82) is 0 Å². The summed E-state index contributed by atoms with van der Waals surface area (Å²) in [5, 5.41) is 2.66. The van der Waals surface area contributed by atoms with Crippen LogP contribution in [0.3, 0.4) is 0 Å². The largest absolute Gasteiger partial charge is 0.369 e. The first-order valence-electron chi connectivity index (χ1n) is 8.02. The van der Waals surface area contributed by atoms with E-state index in [4.69, 9.17) is 5.73 Å². The van der Waals surface area contributed by atoms with Gasteiger partial charge in [0.15, 0.2) is 0 Å². The van der Waals surface area contributed by atoms with E-state index in [2.05, 4.69) is 10.0 Å². The molecular weight excluding hydrogens is 373 g/mol. The molecule has 2 amide bonds. The molecule has 0 bridgehead atoms. The third-order valence-electron chi connectivity index (χ3n) is 3.63. The van der Waals surface area contributed by atoms with Crippen molar-refractivity contribution < 1.29 is 22.4 Å². The van der Waals surface area contributed by atoms with Gasteiger partial charge in [0.1, 0.15) is 5.82 Å². The van der Waals surface area contributed by atoms with Gasteiger partial charge in [-0.15, -0.1) is 0 Å². The maximum absolute atomic E-state index is 13.1. The zero-order valence-electron chi connectivity index (χ0n) is 14.6. The van der Waals surface area contributed by atoms with Crippen LogP contribution in [0.25, 0.3) is 0 Å². The first-order valence-corrected chi connectivity index (χ1v) is 9.91. The van der Waals surface area contributed by atoms with Crippen LogP contribution < -0.4 is 15.8 Å². The van der Waals surface area contributed by atoms with E-state index in [9.17, 15) is 22.4 Å². The lowest BCUT2D eigenvalue weighted by Crippen LogP contribution is -2.30. The molecule has 2 aromatic carbocycles. The Hall–Kier alpha value is -2.78. The molecule has 0 aliphatic carbocycles. The monoisotopic (exact) mass is 393 g/mol. The number of carbonyl (C=O) groups is 2. The normalized spacial score (nSPS) is 12.4. The molecule has 0 aromatic heterocycles. The topological polar surface area (TPSA) is 118 Å². The highest BCUT2D eigenvalue weighted by atomic mass is 32.2. The quantitative estimate of drug-likeness (QED) is 0.629. The fraction of sp³-hybridized carbons (Fsp3) is 0.222. The number of carbonyl (C=O) groups excluding carboxylic acids is 2. The van der Waals surface area contributed by atoms with Crippen LogP contribution >= 0.6 is 0 Å². The summed E-state index contributed by atoms with van der Waals surface area (Å²) in [7, 11) is -3.58. The zero-order chi connectivity index (χ0) is 20.0. The Kier molecular flexibility index (Phi) is 6.65. The van der Waals surface area contributed by atoms with E-state index < -0.39 is 33.7 Å². The van der Waals surface area contributed by atoms with E-state index >= 15 is 0 Å². The molecular formula is C18H20FN3O4S. The van der Waals surface area contributed by atoms with Gasteiger partial charge in [-0.25, -0.2) is 17.5 Å². The minimum atomic E-state index is -3.58. The third kappa shape index (κ3) is 7.16. The van der Waals surface area contributed by atoms with Gasteiger partial charge in [0.05, 0.1) is 18.7 Å². The number of rotatable bonds is 8. The molecule has 27 heavy (non-hydrogen) atoms. The van der Waals surface area contributed by atoms with Crippen molar-refractivity contribution in [2.45, 2.75) is 18.9 Å². The third-order valence-corrected chi connectivity index (χ3v) is 4.35. The molecule has 0 fully saturated rings. The van der Waals surface area contributed by atoms with Crippen molar-refractivity contribution in [1.82, 2.24) is 4.72 Å². The maximum Gasteiger partial charge on any atom is 0.226 e. The highest BCUT2D eigenvalue weighted by molar-refractivity contribution is 7.88. The minimum Gasteiger partial charge on any atom is -0.369 e. The summed E-state index contributed by atoms with van der Waals surface area (Å²) in [6.07, 6.45) is 0.903. The molecule has 2 aromatic rings. The second-order valence-corrected chi connectivity index (χ2v) is 7.87. The number of hydrogen-bond donors (Lipinski definition) is 3. The molecule has 0 saturated carbocycles. The Morgan fingerprint density at radius 3 is 2.19 bits per heavy atom. The van der Waals surface area contributed by atoms with Gasteiger partial charge >= 0.3 is 0 Å². The summed E-state index contributed by atoms with van der Waals surface area (Å²) in [5.74, 6) is -1.35. The lowest BCUT2D eigenvalue weighted by Gasteiger charge is -2.18. The van der Waals surface area contributed by atoms with Gasteiger partial charge in [0, 0.05) is 12.1 Å². The number of primary amides is 1. The predicted molar refractivity (Wildman–Crippen MR) is 99.7 cm³/mol. The summed E-state index contributed by atoms with van der Waals surface area (Å²) < 4.78 is 38.7. The average Bonchev–Trinajstić information content (AvgIpc) is 2.55. The zero-order valence-corrected chi connectivity index (χ0v) is 15.4. The van der Waals surface area contributed by atoms with Crippen LogP contribution in [0.2, 0.25) is 0 Å². The van der Waals surface area contributed by atoms with Crippen molar-refractivity contribution in [2.24, 2.45) is 5.73 Å². The standard InChI is InChI=1S/C18H20FN3O4S/c1-27(25,26)22-16(13-4-6-14(19)7-5-13)11-18(24)21-15-8-2-12(3-9-15)10-17(20)23/h2-9,16,22H,10-11H2,1H3,(H2,20,23)(H,21,24)/t16-/m1/s1. The SMILES string of the molecule is CS(=O)(=O)N[C@H](CC(=O)Nc1ccc(CC(N)=O)cc1)c1ccc(F)cc1. The Balaban J connectivity index is 2.08. The molecule has 0 unspecified atom stereocenters. The molecule has 144 valence electrons. The average molecular weight is 393 g/mol. The molecule has 2 rings (SSSR count). The van der Waals surface area contributed by atoms with Crippen LogP contribution in [0.4, 0.5) is 10.1 Å². The Morgan fingerprint density at radius 2 is 1.67 bits per heavy atom. The molecule has 0 radical (unpaired) electrons. The van der Waals surface area contributed by atoms with Crippen LogP contribution in [-0.4, -0.2) is 26.5 Å². The molecule has 0 saturated heterocycles. The first kappa shape index (κ1) is 20.5. The molecule has 1 atom stereocenters. The van der Waals surface area contributed by atoms with Crippen molar-refractivity contribution >= 4 is 27.5 Å². The number of amides is 2. The summed E-state index contributed by atoms with van der Waals surface area (Å²) in [6, 6.07) is 11.0. The lowest BCUT2D eigenvalue weighted by atomic mass is 10.0. The molecule has 0 heterocycles. The Labute approximate surface area is 156 Å². The number of hydrogen-bond acceptors (Lipinski definition) is 4. The van der Waals surface area contributed by atoms with E-state index in [0.29, 0.717) is 16.8 Å². The van der Waals surface area contributed by atoms with Crippen molar-refractivity contribution in [3.8, 4) is 0 Å². The van der Waals surface area contributed by atoms with Gasteiger partial charge in [-0.2, -0.15) is 0 Å². The molecule has 7 nitrogen and oxygen atoms in total. The summed E-state index contributed by atoms with van der Waals surface area (Å²) in [5.41, 5.74) is 6.79. The van der Waals surface area contributed by atoms with Gasteiger partial charge in [0.2, 0.25) is 21.8 Å². The number of benzene rings is 2. The summed E-state index contributed by atoms with van der Waals surface area (Å²) >= 11 is 0. The second-order valence-electron chi connectivity index (χ2n) is 6.09. The highest BCUT2D eigenvalue weighted by Crippen LogP contribution is 2.20. The van der Waals surface area contributed by atoms with E-state index in [1.807, 2.05) is 0 Å². The Morgan fingerprint density at radius 1 is 1.07 bits per heavy atom. The minimum absolute atomic E-state index is 0.0964. The van der Waals surface area contributed by atoms with Gasteiger partial charge in [-0.3, -0.25) is 9.59 Å². The molecule has 0 spiro atoms. The van der Waals surface area contributed by atoms with Crippen LogP contribution in [0, 0.1) is 5.82 Å². The first-order chi connectivity index (χ1) is 12.6. The van der Waals surface area contributed by atoms with Crippen LogP contribution in [0.15, 0.2) is 48.5 Å². The van der Waals surface area contributed by atoms with Crippen LogP contribution in [-0.2, 0) is 26.0 Å². The second kappa shape index (κ2) is 8.74. The van der Waals surface area contributed by atoms with Crippen LogP contribution in [0.5, 0.6) is 0 Å². The molecule has 9 heteroatoms. The summed E-state index contributed by atoms with van der Waals surface area (Å²) in [4.78, 5) is 23.2. The van der Waals surface area contributed by atoms with Crippen molar-refractivity contribution in [3.05, 3.63) is 65.5 Å². The van der Waals surface area contributed by atoms with E-state index in [0.717, 1.165) is 6.26 Å². The number of nitrogens with one attached hydrogen (secondary N) is 2. The van der Waals surface area contributed by atoms with Gasteiger partial charge < -0.3 is 11.1 Å². The molecule has 4 N–H and O–H groups in total. The smallest absolute Gasteiger partial charge is 0.226 e. The predicted octanol–water partition coefficient (Wildman–Crippen LogP) is 1.47. The maximum atomic E-state index is 13.1. The highest BCUT2D eigenvalue weighted by Gasteiger charge is 2.20. The number of halogens is 1.